The molecule has 1 aliphatic heterocycles. The van der Waals surface area contributed by atoms with Crippen LogP contribution >= 0.6 is 0 Å². The lowest BCUT2D eigenvalue weighted by molar-refractivity contribution is -0.168. The Balaban J connectivity index is 2.20. The zero-order chi connectivity index (χ0) is 12.2. The van der Waals surface area contributed by atoms with Crippen molar-refractivity contribution in [2.45, 2.75) is 33.6 Å². The van der Waals surface area contributed by atoms with E-state index in [-0.39, 0.29) is 11.8 Å². The first-order valence-corrected chi connectivity index (χ1v) is 5.63. The van der Waals surface area contributed by atoms with E-state index in [9.17, 15) is 9.59 Å². The third-order valence-corrected chi connectivity index (χ3v) is 2.34. The summed E-state index contributed by atoms with van der Waals surface area (Å²) in [5.74, 6) is -0.102. The number of hydroxylamine groups is 2. The fraction of sp³-hybridized carbons (Fsp3) is 0.818. The second-order valence-electron chi connectivity index (χ2n) is 4.94. The van der Waals surface area contributed by atoms with Gasteiger partial charge in [-0.25, -0.2) is 5.06 Å². The summed E-state index contributed by atoms with van der Waals surface area (Å²) >= 11 is 0. The summed E-state index contributed by atoms with van der Waals surface area (Å²) in [6, 6.07) is 0. The van der Waals surface area contributed by atoms with E-state index in [2.05, 4.69) is 5.32 Å². The molecule has 0 saturated carbocycles. The van der Waals surface area contributed by atoms with Gasteiger partial charge < -0.3 is 5.32 Å². The van der Waals surface area contributed by atoms with E-state index >= 15 is 0 Å². The molecule has 0 bridgehead atoms. The minimum Gasteiger partial charge on any atom is -0.355 e. The van der Waals surface area contributed by atoms with Crippen molar-refractivity contribution in [3.05, 3.63) is 0 Å². The molecule has 5 nitrogen and oxygen atoms in total. The molecule has 5 heteroatoms. The Morgan fingerprint density at radius 1 is 1.38 bits per heavy atom. The molecule has 16 heavy (non-hydrogen) atoms. The highest BCUT2D eigenvalue weighted by Gasteiger charge is 2.22. The van der Waals surface area contributed by atoms with Gasteiger partial charge in [0.1, 0.15) is 0 Å². The maximum absolute atomic E-state index is 11.5. The Labute approximate surface area is 96.1 Å². The van der Waals surface area contributed by atoms with Gasteiger partial charge >= 0.3 is 0 Å². The number of amides is 2. The quantitative estimate of drug-likeness (QED) is 0.773. The van der Waals surface area contributed by atoms with E-state index in [0.717, 1.165) is 6.42 Å². The second kappa shape index (κ2) is 5.30. The van der Waals surface area contributed by atoms with E-state index in [1.807, 2.05) is 20.8 Å². The molecule has 1 rings (SSSR count). The molecule has 1 fully saturated rings. The lowest BCUT2D eigenvalue weighted by Crippen LogP contribution is -2.37. The van der Waals surface area contributed by atoms with Crippen LogP contribution in [0.3, 0.4) is 0 Å². The third-order valence-electron chi connectivity index (χ3n) is 2.34. The van der Waals surface area contributed by atoms with Gasteiger partial charge in [-0.1, -0.05) is 20.8 Å². The summed E-state index contributed by atoms with van der Waals surface area (Å²) in [4.78, 5) is 28.1. The summed E-state index contributed by atoms with van der Waals surface area (Å²) in [6.45, 7) is 7.16. The predicted octanol–water partition coefficient (Wildman–Crippen LogP) is 0.703. The van der Waals surface area contributed by atoms with E-state index in [4.69, 9.17) is 4.84 Å². The molecule has 0 aliphatic carbocycles. The molecule has 92 valence electrons. The third kappa shape index (κ3) is 3.81. The minimum absolute atomic E-state index is 0.0392. The largest absolute Gasteiger partial charge is 0.355 e. The molecule has 0 unspecified atom stereocenters. The Bertz CT molecular complexity index is 265. The van der Waals surface area contributed by atoms with Crippen molar-refractivity contribution in [3.8, 4) is 0 Å². The van der Waals surface area contributed by atoms with Crippen LogP contribution in [0.2, 0.25) is 0 Å². The standard InChI is InChI=1S/C11H20N2O3/c1-11(2,3)10(15)12-6-5-9(14)13-7-4-8-16-13/h4-8H2,1-3H3,(H,12,15). The fourth-order valence-electron chi connectivity index (χ4n) is 1.32. The normalized spacial score (nSPS) is 16.3. The smallest absolute Gasteiger partial charge is 0.247 e. The number of nitrogens with one attached hydrogen (secondary N) is 1. The van der Waals surface area contributed by atoms with Gasteiger partial charge in [-0.2, -0.15) is 0 Å². The van der Waals surface area contributed by atoms with Crippen molar-refractivity contribution < 1.29 is 14.4 Å². The zero-order valence-corrected chi connectivity index (χ0v) is 10.2. The van der Waals surface area contributed by atoms with Gasteiger partial charge in [-0.3, -0.25) is 14.4 Å². The van der Waals surface area contributed by atoms with Crippen molar-refractivity contribution in [3.63, 3.8) is 0 Å². The van der Waals surface area contributed by atoms with Gasteiger partial charge in [0, 0.05) is 18.4 Å². The molecule has 0 atom stereocenters. The minimum atomic E-state index is -0.410. The Morgan fingerprint density at radius 2 is 2.06 bits per heavy atom. The van der Waals surface area contributed by atoms with Gasteiger partial charge in [-0.05, 0) is 6.42 Å². The van der Waals surface area contributed by atoms with Crippen molar-refractivity contribution >= 4 is 11.8 Å². The predicted molar refractivity (Wildman–Crippen MR) is 59.4 cm³/mol. The summed E-state index contributed by atoms with van der Waals surface area (Å²) in [5, 5.41) is 4.11. The number of hydrogen-bond donors (Lipinski definition) is 1. The molecule has 1 N–H and O–H groups in total. The van der Waals surface area contributed by atoms with Crippen molar-refractivity contribution in [2.75, 3.05) is 19.7 Å². The SMILES string of the molecule is CC(C)(C)C(=O)NCCC(=O)N1CCCO1. The highest BCUT2D eigenvalue weighted by molar-refractivity contribution is 5.82. The van der Waals surface area contributed by atoms with Gasteiger partial charge in [0.25, 0.3) is 0 Å². The van der Waals surface area contributed by atoms with Crippen LogP contribution in [-0.2, 0) is 14.4 Å². The summed E-state index contributed by atoms with van der Waals surface area (Å²) in [6.07, 6.45) is 1.18. The van der Waals surface area contributed by atoms with Crippen LogP contribution in [0, 0.1) is 5.41 Å². The van der Waals surface area contributed by atoms with Crippen molar-refractivity contribution in [2.24, 2.45) is 5.41 Å². The van der Waals surface area contributed by atoms with Crippen LogP contribution in [0.25, 0.3) is 0 Å². The van der Waals surface area contributed by atoms with Crippen LogP contribution in [0.15, 0.2) is 0 Å². The first-order valence-electron chi connectivity index (χ1n) is 5.63. The Morgan fingerprint density at radius 3 is 2.56 bits per heavy atom. The number of carbonyl (C=O) groups excluding carboxylic acids is 2. The Kier molecular flexibility index (Phi) is 4.29. The lowest BCUT2D eigenvalue weighted by atomic mass is 9.96. The highest BCUT2D eigenvalue weighted by atomic mass is 16.7. The zero-order valence-electron chi connectivity index (χ0n) is 10.2. The maximum atomic E-state index is 11.5. The molecule has 1 saturated heterocycles. The second-order valence-corrected chi connectivity index (χ2v) is 4.94. The molecule has 0 aromatic rings. The molecule has 0 aromatic heterocycles. The molecular weight excluding hydrogens is 208 g/mol. The van der Waals surface area contributed by atoms with Crippen LogP contribution in [0.4, 0.5) is 0 Å². The highest BCUT2D eigenvalue weighted by Crippen LogP contribution is 2.12. The van der Waals surface area contributed by atoms with Crippen LogP contribution < -0.4 is 5.32 Å². The molecule has 1 heterocycles. The average molecular weight is 228 g/mol. The van der Waals surface area contributed by atoms with Crippen molar-refractivity contribution in [1.29, 1.82) is 0 Å². The molecule has 0 spiro atoms. The van der Waals surface area contributed by atoms with Gasteiger partial charge in [0.15, 0.2) is 0 Å². The monoisotopic (exact) mass is 228 g/mol. The summed E-state index contributed by atoms with van der Waals surface area (Å²) in [7, 11) is 0. The van der Waals surface area contributed by atoms with E-state index in [1.54, 1.807) is 0 Å². The van der Waals surface area contributed by atoms with Gasteiger partial charge in [-0.15, -0.1) is 0 Å². The molecule has 2 amide bonds. The first-order chi connectivity index (χ1) is 7.41. The summed E-state index contributed by atoms with van der Waals surface area (Å²) in [5.41, 5.74) is -0.410. The maximum Gasteiger partial charge on any atom is 0.247 e. The fourth-order valence-corrected chi connectivity index (χ4v) is 1.32. The molecular formula is C11H20N2O3. The number of rotatable bonds is 3. The molecule has 0 radical (unpaired) electrons. The van der Waals surface area contributed by atoms with Crippen molar-refractivity contribution in [1.82, 2.24) is 10.4 Å². The first kappa shape index (κ1) is 13.0. The summed E-state index contributed by atoms with van der Waals surface area (Å²) < 4.78 is 0. The van der Waals surface area contributed by atoms with Gasteiger partial charge in [0.2, 0.25) is 11.8 Å². The Hall–Kier alpha value is -1.10. The molecule has 1 aliphatic rings. The van der Waals surface area contributed by atoms with Crippen LogP contribution in [0.5, 0.6) is 0 Å². The number of carbonyl (C=O) groups is 2. The van der Waals surface area contributed by atoms with Crippen LogP contribution in [0.1, 0.15) is 33.6 Å². The lowest BCUT2D eigenvalue weighted by Gasteiger charge is -2.18. The number of nitrogens with zero attached hydrogens (tertiary/aromatic N) is 1. The van der Waals surface area contributed by atoms with E-state index in [0.29, 0.717) is 26.1 Å². The van der Waals surface area contributed by atoms with E-state index in [1.165, 1.54) is 5.06 Å². The van der Waals surface area contributed by atoms with Gasteiger partial charge in [0.05, 0.1) is 13.2 Å². The van der Waals surface area contributed by atoms with E-state index < -0.39 is 5.41 Å². The molecule has 0 aromatic carbocycles. The average Bonchev–Trinajstić information content (AvgIpc) is 2.68. The van der Waals surface area contributed by atoms with Crippen LogP contribution in [-0.4, -0.2) is 36.6 Å². The topological polar surface area (TPSA) is 58.6 Å². The number of hydrogen-bond acceptors (Lipinski definition) is 3.